The summed E-state index contributed by atoms with van der Waals surface area (Å²) in [6.45, 7) is 2.13. The van der Waals surface area contributed by atoms with Gasteiger partial charge in [0.2, 0.25) is 0 Å². The van der Waals surface area contributed by atoms with Crippen LogP contribution < -0.4 is 0 Å². The minimum absolute atomic E-state index is 1.25. The maximum atomic E-state index is 3.99. The van der Waals surface area contributed by atoms with Crippen molar-refractivity contribution in [1.82, 2.24) is 4.98 Å². The first-order valence-electron chi connectivity index (χ1n) is 3.81. The van der Waals surface area contributed by atoms with E-state index in [2.05, 4.69) is 22.7 Å². The molecule has 0 unspecified atom stereocenters. The molecule has 60 valence electrons. The lowest BCUT2D eigenvalue weighted by atomic mass is 10.1. The Balaban J connectivity index is 2.51. The normalized spacial score (nSPS) is 10.1. The molecule has 0 saturated heterocycles. The summed E-state index contributed by atoms with van der Waals surface area (Å²) < 4.78 is 0. The Morgan fingerprint density at radius 2 is 1.92 bits per heavy atom. The van der Waals surface area contributed by atoms with E-state index in [1.54, 1.807) is 11.3 Å². The Kier molecular flexibility index (Phi) is 1.92. The highest BCUT2D eigenvalue weighted by Gasteiger charge is 2.00. The van der Waals surface area contributed by atoms with Crippen LogP contribution in [-0.4, -0.2) is 4.98 Å². The van der Waals surface area contributed by atoms with Crippen molar-refractivity contribution in [2.24, 2.45) is 0 Å². The van der Waals surface area contributed by atoms with E-state index in [0.717, 1.165) is 0 Å². The molecule has 0 aliphatic rings. The van der Waals surface area contributed by atoms with Crippen LogP contribution in [0.2, 0.25) is 0 Å². The van der Waals surface area contributed by atoms with Crippen molar-refractivity contribution in [2.75, 3.05) is 0 Å². The number of pyridine rings is 1. The van der Waals surface area contributed by atoms with E-state index in [0.29, 0.717) is 0 Å². The van der Waals surface area contributed by atoms with Gasteiger partial charge in [-0.3, -0.25) is 4.98 Å². The summed E-state index contributed by atoms with van der Waals surface area (Å²) in [7, 11) is 0. The summed E-state index contributed by atoms with van der Waals surface area (Å²) in [5.41, 5.74) is 3.91. The number of rotatable bonds is 1. The smallest absolute Gasteiger partial charge is 0.0273 e. The first-order chi connectivity index (χ1) is 5.88. The molecule has 0 aliphatic carbocycles. The van der Waals surface area contributed by atoms with Crippen LogP contribution in [0.5, 0.6) is 0 Å². The van der Waals surface area contributed by atoms with Crippen molar-refractivity contribution in [3.8, 4) is 11.1 Å². The molecule has 2 aromatic heterocycles. The molecule has 0 aliphatic heterocycles. The molecule has 0 atom stereocenters. The van der Waals surface area contributed by atoms with Crippen LogP contribution in [0, 0.1) is 6.92 Å². The van der Waals surface area contributed by atoms with E-state index in [4.69, 9.17) is 0 Å². The van der Waals surface area contributed by atoms with Crippen LogP contribution in [0.25, 0.3) is 11.1 Å². The summed E-state index contributed by atoms with van der Waals surface area (Å²) in [4.78, 5) is 3.99. The van der Waals surface area contributed by atoms with Crippen LogP contribution in [0.15, 0.2) is 35.3 Å². The Bertz CT molecular complexity index is 364. The lowest BCUT2D eigenvalue weighted by molar-refractivity contribution is 1.33. The molecule has 0 spiro atoms. The predicted octanol–water partition coefficient (Wildman–Crippen LogP) is 3.12. The van der Waals surface area contributed by atoms with Crippen LogP contribution in [0.1, 0.15) is 5.56 Å². The number of aromatic nitrogens is 1. The molecule has 0 aromatic carbocycles. The molecule has 0 N–H and O–H groups in total. The van der Waals surface area contributed by atoms with Crippen molar-refractivity contribution < 1.29 is 0 Å². The summed E-state index contributed by atoms with van der Waals surface area (Å²) in [6.07, 6.45) is 3.65. The minimum Gasteiger partial charge on any atom is -0.265 e. The van der Waals surface area contributed by atoms with Gasteiger partial charge < -0.3 is 0 Å². The fourth-order valence-corrected chi connectivity index (χ4v) is 2.04. The van der Waals surface area contributed by atoms with Gasteiger partial charge in [0.25, 0.3) is 0 Å². The average Bonchev–Trinajstić information content (AvgIpc) is 2.53. The topological polar surface area (TPSA) is 12.9 Å². The quantitative estimate of drug-likeness (QED) is 0.649. The van der Waals surface area contributed by atoms with Gasteiger partial charge in [-0.05, 0) is 46.5 Å². The van der Waals surface area contributed by atoms with Gasteiger partial charge in [0.15, 0.2) is 0 Å². The Labute approximate surface area is 75.7 Å². The third-order valence-electron chi connectivity index (χ3n) is 1.85. The maximum absolute atomic E-state index is 3.99. The Morgan fingerprint density at radius 1 is 1.17 bits per heavy atom. The zero-order valence-corrected chi connectivity index (χ0v) is 7.64. The third-order valence-corrected chi connectivity index (χ3v) is 2.71. The number of thiophene rings is 1. The SMILES string of the molecule is Cc1cscc1-c1ccncc1. The van der Waals surface area contributed by atoms with Crippen molar-refractivity contribution in [3.05, 3.63) is 40.8 Å². The monoisotopic (exact) mass is 175 g/mol. The molecule has 2 heteroatoms. The molecule has 2 heterocycles. The Morgan fingerprint density at radius 3 is 2.50 bits per heavy atom. The average molecular weight is 175 g/mol. The molecule has 2 aromatic rings. The molecule has 0 amide bonds. The minimum atomic E-state index is 1.25. The van der Waals surface area contributed by atoms with Gasteiger partial charge in [-0.1, -0.05) is 0 Å². The van der Waals surface area contributed by atoms with E-state index in [1.165, 1.54) is 16.7 Å². The summed E-state index contributed by atoms with van der Waals surface area (Å²) in [5, 5.41) is 4.33. The fraction of sp³-hybridized carbons (Fsp3) is 0.100. The highest BCUT2D eigenvalue weighted by molar-refractivity contribution is 7.08. The van der Waals surface area contributed by atoms with E-state index in [1.807, 2.05) is 24.5 Å². The van der Waals surface area contributed by atoms with Gasteiger partial charge in [-0.15, -0.1) is 0 Å². The lowest BCUT2D eigenvalue weighted by Crippen LogP contribution is -1.76. The molecule has 0 saturated carbocycles. The maximum Gasteiger partial charge on any atom is 0.0273 e. The highest BCUT2D eigenvalue weighted by Crippen LogP contribution is 2.25. The van der Waals surface area contributed by atoms with Crippen molar-refractivity contribution >= 4 is 11.3 Å². The molecular weight excluding hydrogens is 166 g/mol. The van der Waals surface area contributed by atoms with Crippen LogP contribution in [-0.2, 0) is 0 Å². The van der Waals surface area contributed by atoms with Gasteiger partial charge in [-0.2, -0.15) is 11.3 Å². The van der Waals surface area contributed by atoms with Gasteiger partial charge in [0.05, 0.1) is 0 Å². The highest BCUT2D eigenvalue weighted by atomic mass is 32.1. The first-order valence-corrected chi connectivity index (χ1v) is 4.75. The molecule has 0 radical (unpaired) electrons. The van der Waals surface area contributed by atoms with Gasteiger partial charge >= 0.3 is 0 Å². The summed E-state index contributed by atoms with van der Waals surface area (Å²) in [6, 6.07) is 4.07. The molecule has 2 rings (SSSR count). The van der Waals surface area contributed by atoms with Gasteiger partial charge in [0.1, 0.15) is 0 Å². The van der Waals surface area contributed by atoms with Gasteiger partial charge in [-0.25, -0.2) is 0 Å². The number of hydrogen-bond acceptors (Lipinski definition) is 2. The first kappa shape index (κ1) is 7.50. The fourth-order valence-electron chi connectivity index (χ4n) is 1.19. The summed E-state index contributed by atoms with van der Waals surface area (Å²) >= 11 is 1.74. The molecule has 0 bridgehead atoms. The van der Waals surface area contributed by atoms with Crippen LogP contribution >= 0.6 is 11.3 Å². The Hall–Kier alpha value is -1.15. The zero-order chi connectivity index (χ0) is 8.39. The van der Waals surface area contributed by atoms with Crippen molar-refractivity contribution in [1.29, 1.82) is 0 Å². The van der Waals surface area contributed by atoms with Crippen molar-refractivity contribution in [3.63, 3.8) is 0 Å². The van der Waals surface area contributed by atoms with Crippen molar-refractivity contribution in [2.45, 2.75) is 6.92 Å². The predicted molar refractivity (Wildman–Crippen MR) is 52.3 cm³/mol. The molecule has 1 nitrogen and oxygen atoms in total. The molecule has 0 fully saturated rings. The molecule has 12 heavy (non-hydrogen) atoms. The van der Waals surface area contributed by atoms with Gasteiger partial charge in [0, 0.05) is 12.4 Å². The largest absolute Gasteiger partial charge is 0.265 e. The van der Waals surface area contributed by atoms with E-state index in [9.17, 15) is 0 Å². The zero-order valence-electron chi connectivity index (χ0n) is 6.82. The van der Waals surface area contributed by atoms with E-state index in [-0.39, 0.29) is 0 Å². The second-order valence-electron chi connectivity index (χ2n) is 2.70. The van der Waals surface area contributed by atoms with E-state index >= 15 is 0 Å². The number of aryl methyl sites for hydroxylation is 1. The van der Waals surface area contributed by atoms with Crippen LogP contribution in [0.4, 0.5) is 0 Å². The number of nitrogens with zero attached hydrogens (tertiary/aromatic N) is 1. The van der Waals surface area contributed by atoms with Crippen LogP contribution in [0.3, 0.4) is 0 Å². The summed E-state index contributed by atoms with van der Waals surface area (Å²) in [5.74, 6) is 0. The number of hydrogen-bond donors (Lipinski definition) is 0. The standard InChI is InChI=1S/C10H9NS/c1-8-6-12-7-10(8)9-2-4-11-5-3-9/h2-7H,1H3. The third kappa shape index (κ3) is 1.25. The second-order valence-corrected chi connectivity index (χ2v) is 3.45. The van der Waals surface area contributed by atoms with E-state index < -0.39 is 0 Å². The lowest BCUT2D eigenvalue weighted by Gasteiger charge is -1.97. The second kappa shape index (κ2) is 3.07. The molecular formula is C10H9NS.